The zero-order chi connectivity index (χ0) is 23.2. The predicted molar refractivity (Wildman–Crippen MR) is 130 cm³/mol. The first-order valence-electron chi connectivity index (χ1n) is 11.5. The van der Waals surface area contributed by atoms with Gasteiger partial charge in [0.05, 0.1) is 11.0 Å². The van der Waals surface area contributed by atoms with Crippen molar-refractivity contribution in [1.29, 1.82) is 0 Å². The zero-order valence-electron chi connectivity index (χ0n) is 18.8. The molecule has 0 unspecified atom stereocenters. The maximum atomic E-state index is 12.7. The molecule has 1 saturated heterocycles. The molecule has 2 heterocycles. The van der Waals surface area contributed by atoms with Crippen molar-refractivity contribution in [2.75, 3.05) is 13.1 Å². The van der Waals surface area contributed by atoms with Gasteiger partial charge in [0.15, 0.2) is 0 Å². The summed E-state index contributed by atoms with van der Waals surface area (Å²) in [5, 5.41) is 3.11. The van der Waals surface area contributed by atoms with Crippen LogP contribution in [0.4, 0.5) is 0 Å². The van der Waals surface area contributed by atoms with Gasteiger partial charge in [0, 0.05) is 45.2 Å². The second-order valence-electron chi connectivity index (χ2n) is 8.50. The Kier molecular flexibility index (Phi) is 7.19. The zero-order valence-corrected chi connectivity index (χ0v) is 18.8. The molecule has 0 spiro atoms. The number of benzene rings is 2. The highest BCUT2D eigenvalue weighted by Gasteiger charge is 2.21. The summed E-state index contributed by atoms with van der Waals surface area (Å²) in [7, 11) is 0. The molecular weight excluding hydrogens is 416 g/mol. The third-order valence-corrected chi connectivity index (χ3v) is 6.21. The van der Waals surface area contributed by atoms with Crippen molar-refractivity contribution in [1.82, 2.24) is 19.4 Å². The minimum atomic E-state index is -0.613. The fourth-order valence-corrected chi connectivity index (χ4v) is 4.49. The summed E-state index contributed by atoms with van der Waals surface area (Å²) < 4.78 is 2.84. The van der Waals surface area contributed by atoms with E-state index in [4.69, 9.17) is 0 Å². The average molecular weight is 447 g/mol. The Balaban J connectivity index is 1.36. The molecule has 0 bridgehead atoms. The maximum Gasteiger partial charge on any atom is 0.317 e. The summed E-state index contributed by atoms with van der Waals surface area (Å²) in [4.78, 5) is 40.3. The van der Waals surface area contributed by atoms with E-state index >= 15 is 0 Å². The second-order valence-corrected chi connectivity index (χ2v) is 8.50. The molecule has 2 aromatic carbocycles. The fraction of sp³-hybridized carbons (Fsp3) is 0.346. The number of aromatic nitrogens is 2. The first kappa shape index (κ1) is 22.7. The molecule has 0 aliphatic carbocycles. The molecule has 1 aromatic heterocycles. The van der Waals surface area contributed by atoms with Crippen molar-refractivity contribution < 1.29 is 4.79 Å². The molecule has 4 rings (SSSR count). The topological polar surface area (TPSA) is 76.3 Å². The van der Waals surface area contributed by atoms with E-state index < -0.39 is 11.1 Å². The molecule has 33 heavy (non-hydrogen) atoms. The van der Waals surface area contributed by atoms with Gasteiger partial charge >= 0.3 is 11.1 Å². The number of fused-ring (bicyclic) bond motifs is 1. The van der Waals surface area contributed by atoms with Crippen LogP contribution >= 0.6 is 0 Å². The molecular formula is C26H30N4O3. The molecule has 7 heteroatoms. The standard InChI is InChI=1S/C26H30N4O3/c1-2-15-29-22-10-6-7-11-23(22)30(26(33)25(29)32)18-14-24(31)27-21-12-16-28(17-13-21)19-20-8-4-3-5-9-20/h2-11,21H,1,12-19H2,(H,27,31). The largest absolute Gasteiger partial charge is 0.353 e. The number of amides is 1. The molecule has 1 aliphatic heterocycles. The number of likely N-dealkylation sites (tertiary alicyclic amines) is 1. The lowest BCUT2D eigenvalue weighted by Gasteiger charge is -2.32. The summed E-state index contributed by atoms with van der Waals surface area (Å²) in [6.45, 7) is 6.90. The predicted octanol–water partition coefficient (Wildman–Crippen LogP) is 2.52. The van der Waals surface area contributed by atoms with Crippen molar-refractivity contribution in [2.45, 2.75) is 44.9 Å². The number of rotatable bonds is 8. The van der Waals surface area contributed by atoms with Gasteiger partial charge in [0.2, 0.25) is 5.91 Å². The van der Waals surface area contributed by atoms with Crippen LogP contribution in [-0.4, -0.2) is 39.1 Å². The molecule has 172 valence electrons. The van der Waals surface area contributed by atoms with E-state index in [-0.39, 0.29) is 31.5 Å². The van der Waals surface area contributed by atoms with Crippen LogP contribution in [0, 0.1) is 0 Å². The summed E-state index contributed by atoms with van der Waals surface area (Å²) in [6.07, 6.45) is 3.55. The van der Waals surface area contributed by atoms with Gasteiger partial charge in [-0.3, -0.25) is 23.9 Å². The maximum absolute atomic E-state index is 12.7. The van der Waals surface area contributed by atoms with Gasteiger partial charge in [0.25, 0.3) is 0 Å². The average Bonchev–Trinajstić information content (AvgIpc) is 2.84. The molecule has 0 saturated carbocycles. The molecule has 1 N–H and O–H groups in total. The van der Waals surface area contributed by atoms with Crippen molar-refractivity contribution in [3.63, 3.8) is 0 Å². The van der Waals surface area contributed by atoms with Crippen molar-refractivity contribution in [2.24, 2.45) is 0 Å². The number of nitrogens with one attached hydrogen (secondary N) is 1. The number of para-hydroxylation sites is 2. The molecule has 1 aliphatic rings. The van der Waals surface area contributed by atoms with E-state index in [9.17, 15) is 14.4 Å². The van der Waals surface area contributed by atoms with Gasteiger partial charge in [-0.2, -0.15) is 0 Å². The number of hydrogen-bond acceptors (Lipinski definition) is 4. The van der Waals surface area contributed by atoms with Crippen LogP contribution in [-0.2, 0) is 24.4 Å². The minimum absolute atomic E-state index is 0.0947. The van der Waals surface area contributed by atoms with Crippen molar-refractivity contribution in [3.8, 4) is 0 Å². The van der Waals surface area contributed by atoms with Crippen LogP contribution in [0.3, 0.4) is 0 Å². The number of hydrogen-bond donors (Lipinski definition) is 1. The summed E-state index contributed by atoms with van der Waals surface area (Å²) in [5.74, 6) is -0.0947. The lowest BCUT2D eigenvalue weighted by atomic mass is 10.0. The smallest absolute Gasteiger partial charge is 0.317 e. The summed E-state index contributed by atoms with van der Waals surface area (Å²) >= 11 is 0. The molecule has 0 radical (unpaired) electrons. The quantitative estimate of drug-likeness (QED) is 0.426. The molecule has 3 aromatic rings. The fourth-order valence-electron chi connectivity index (χ4n) is 4.49. The lowest BCUT2D eigenvalue weighted by molar-refractivity contribution is -0.122. The first-order chi connectivity index (χ1) is 16.1. The van der Waals surface area contributed by atoms with Crippen LogP contribution in [0.15, 0.2) is 76.8 Å². The van der Waals surface area contributed by atoms with E-state index in [1.807, 2.05) is 18.2 Å². The van der Waals surface area contributed by atoms with Crippen LogP contribution in [0.5, 0.6) is 0 Å². The van der Waals surface area contributed by atoms with Gasteiger partial charge in [-0.05, 0) is 30.5 Å². The minimum Gasteiger partial charge on any atom is -0.353 e. The summed E-state index contributed by atoms with van der Waals surface area (Å²) in [5.41, 5.74) is 1.39. The van der Waals surface area contributed by atoms with E-state index in [0.29, 0.717) is 11.0 Å². The Labute approximate surface area is 193 Å². The Hall–Kier alpha value is -3.45. The number of carbonyl (C=O) groups is 1. The molecule has 7 nitrogen and oxygen atoms in total. The van der Waals surface area contributed by atoms with Gasteiger partial charge in [-0.25, -0.2) is 0 Å². The first-order valence-corrected chi connectivity index (χ1v) is 11.5. The van der Waals surface area contributed by atoms with E-state index in [0.717, 1.165) is 32.5 Å². The third kappa shape index (κ3) is 5.31. The van der Waals surface area contributed by atoms with Gasteiger partial charge in [-0.1, -0.05) is 48.5 Å². The van der Waals surface area contributed by atoms with Crippen LogP contribution in [0.25, 0.3) is 11.0 Å². The lowest BCUT2D eigenvalue weighted by Crippen LogP contribution is -2.45. The number of allylic oxidation sites excluding steroid dienone is 1. The van der Waals surface area contributed by atoms with E-state index in [1.165, 1.54) is 14.7 Å². The Bertz CT molecular complexity index is 1240. The molecule has 0 atom stereocenters. The number of piperidine rings is 1. The van der Waals surface area contributed by atoms with Gasteiger partial charge < -0.3 is 9.88 Å². The normalized spacial score (nSPS) is 14.9. The Morgan fingerprint density at radius 2 is 1.55 bits per heavy atom. The second kappa shape index (κ2) is 10.4. The van der Waals surface area contributed by atoms with E-state index in [1.54, 1.807) is 18.2 Å². The third-order valence-electron chi connectivity index (χ3n) is 6.21. The molecule has 1 fully saturated rings. The molecule has 1 amide bonds. The summed E-state index contributed by atoms with van der Waals surface area (Å²) in [6, 6.07) is 17.8. The van der Waals surface area contributed by atoms with E-state index in [2.05, 4.69) is 41.1 Å². The van der Waals surface area contributed by atoms with Gasteiger partial charge in [0.1, 0.15) is 0 Å². The van der Waals surface area contributed by atoms with Crippen LogP contribution in [0.1, 0.15) is 24.8 Å². The Morgan fingerprint density at radius 1 is 0.939 bits per heavy atom. The van der Waals surface area contributed by atoms with Gasteiger partial charge in [-0.15, -0.1) is 6.58 Å². The van der Waals surface area contributed by atoms with Crippen molar-refractivity contribution in [3.05, 3.63) is 93.5 Å². The number of carbonyl (C=O) groups excluding carboxylic acids is 1. The monoisotopic (exact) mass is 446 g/mol. The van der Waals surface area contributed by atoms with Crippen molar-refractivity contribution >= 4 is 16.9 Å². The number of aryl methyl sites for hydroxylation is 1. The Morgan fingerprint density at radius 3 is 2.21 bits per heavy atom. The SMILES string of the molecule is C=CCn1c(=O)c(=O)n(CCC(=O)NC2CCN(Cc3ccccc3)CC2)c2ccccc21. The van der Waals surface area contributed by atoms with Crippen LogP contribution in [0.2, 0.25) is 0 Å². The van der Waals surface area contributed by atoms with Crippen LogP contribution < -0.4 is 16.4 Å². The highest BCUT2D eigenvalue weighted by atomic mass is 16.2. The highest BCUT2D eigenvalue weighted by molar-refractivity contribution is 5.77. The highest BCUT2D eigenvalue weighted by Crippen LogP contribution is 2.15. The number of nitrogens with zero attached hydrogens (tertiary/aromatic N) is 3.